The second kappa shape index (κ2) is 4.75. The number of halogens is 2. The van der Waals surface area contributed by atoms with Crippen molar-refractivity contribution in [2.24, 2.45) is 17.8 Å². The van der Waals surface area contributed by atoms with Crippen LogP contribution in [0.5, 0.6) is 0 Å². The minimum atomic E-state index is 0.176. The lowest BCUT2D eigenvalue weighted by Crippen LogP contribution is -2.12. The van der Waals surface area contributed by atoms with Crippen LogP contribution in [0.4, 0.5) is 0 Å². The molecule has 17 heavy (non-hydrogen) atoms. The summed E-state index contributed by atoms with van der Waals surface area (Å²) in [6.45, 7) is 2.06. The van der Waals surface area contributed by atoms with E-state index in [9.17, 15) is 0 Å². The smallest absolute Gasteiger partial charge is 0.0960 e. The van der Waals surface area contributed by atoms with Gasteiger partial charge in [0.25, 0.3) is 0 Å². The van der Waals surface area contributed by atoms with Crippen LogP contribution in [-0.4, -0.2) is 0 Å². The summed E-state index contributed by atoms with van der Waals surface area (Å²) in [5, 5.41) is 0.176. The quantitative estimate of drug-likeness (QED) is 0.615. The van der Waals surface area contributed by atoms with Crippen LogP contribution in [0.2, 0.25) is 4.34 Å². The molecule has 2 saturated carbocycles. The van der Waals surface area contributed by atoms with Crippen LogP contribution in [0.15, 0.2) is 6.07 Å². The first-order valence-electron chi connectivity index (χ1n) is 6.53. The normalized spacial score (nSPS) is 33.2. The number of fused-ring (bicyclic) bond motifs is 2. The number of aryl methyl sites for hydroxylation is 1. The molecule has 2 aliphatic carbocycles. The van der Waals surface area contributed by atoms with Crippen molar-refractivity contribution in [2.45, 2.75) is 44.4 Å². The lowest BCUT2D eigenvalue weighted by molar-refractivity contribution is 0.312. The van der Waals surface area contributed by atoms with E-state index in [1.54, 1.807) is 11.3 Å². The largest absolute Gasteiger partial charge is 0.127 e. The van der Waals surface area contributed by atoms with E-state index in [2.05, 4.69) is 13.0 Å². The van der Waals surface area contributed by atoms with Crippen LogP contribution in [0.3, 0.4) is 0 Å². The number of thiophene rings is 1. The molecule has 0 nitrogen and oxygen atoms in total. The van der Waals surface area contributed by atoms with Crippen molar-refractivity contribution in [3.63, 3.8) is 0 Å². The van der Waals surface area contributed by atoms with Gasteiger partial charge < -0.3 is 0 Å². The third kappa shape index (κ3) is 2.39. The van der Waals surface area contributed by atoms with Crippen LogP contribution < -0.4 is 0 Å². The highest BCUT2D eigenvalue weighted by Crippen LogP contribution is 2.52. The molecule has 4 unspecified atom stereocenters. The van der Waals surface area contributed by atoms with Crippen LogP contribution in [0.25, 0.3) is 0 Å². The molecule has 0 radical (unpaired) electrons. The monoisotopic (exact) mass is 288 g/mol. The van der Waals surface area contributed by atoms with Crippen molar-refractivity contribution in [1.82, 2.24) is 0 Å². The van der Waals surface area contributed by atoms with Gasteiger partial charge in [-0.1, -0.05) is 18.0 Å². The third-order valence-electron chi connectivity index (χ3n) is 4.58. The SMILES string of the molecule is Cc1cc(C(Cl)CC2CC3CCC2C3)sc1Cl. The molecule has 3 rings (SSSR count). The van der Waals surface area contributed by atoms with Crippen molar-refractivity contribution >= 4 is 34.5 Å². The molecule has 0 saturated heterocycles. The zero-order valence-corrected chi connectivity index (χ0v) is 12.4. The Morgan fingerprint density at radius 3 is 2.76 bits per heavy atom. The summed E-state index contributed by atoms with van der Waals surface area (Å²) in [6.07, 6.45) is 6.96. The number of hydrogen-bond donors (Lipinski definition) is 0. The number of rotatable bonds is 3. The fourth-order valence-electron chi connectivity index (χ4n) is 3.69. The topological polar surface area (TPSA) is 0 Å². The summed E-state index contributed by atoms with van der Waals surface area (Å²) in [6, 6.07) is 2.16. The fraction of sp³-hybridized carbons (Fsp3) is 0.714. The molecule has 0 spiro atoms. The highest BCUT2D eigenvalue weighted by molar-refractivity contribution is 7.16. The Labute approximate surface area is 117 Å². The lowest BCUT2D eigenvalue weighted by atomic mass is 9.85. The molecule has 0 amide bonds. The van der Waals surface area contributed by atoms with Gasteiger partial charge in [-0.05, 0) is 62.0 Å². The predicted octanol–water partition coefficient (Wildman–Crippen LogP) is 5.82. The Morgan fingerprint density at radius 2 is 2.24 bits per heavy atom. The van der Waals surface area contributed by atoms with Crippen molar-refractivity contribution in [2.75, 3.05) is 0 Å². The van der Waals surface area contributed by atoms with Crippen molar-refractivity contribution in [3.05, 3.63) is 20.8 Å². The summed E-state index contributed by atoms with van der Waals surface area (Å²) in [5.41, 5.74) is 1.17. The molecule has 1 aromatic heterocycles. The molecule has 4 atom stereocenters. The molecule has 1 aromatic rings. The second-order valence-electron chi connectivity index (χ2n) is 5.74. The van der Waals surface area contributed by atoms with E-state index in [-0.39, 0.29) is 5.38 Å². The van der Waals surface area contributed by atoms with E-state index >= 15 is 0 Å². The maximum absolute atomic E-state index is 6.56. The maximum atomic E-state index is 6.56. The fourth-order valence-corrected chi connectivity index (χ4v) is 5.32. The van der Waals surface area contributed by atoms with E-state index in [4.69, 9.17) is 23.2 Å². The van der Waals surface area contributed by atoms with Gasteiger partial charge in [-0.15, -0.1) is 22.9 Å². The predicted molar refractivity (Wildman–Crippen MR) is 76.2 cm³/mol. The summed E-state index contributed by atoms with van der Waals surface area (Å²) in [5.74, 6) is 2.86. The molecule has 1 heterocycles. The molecule has 2 fully saturated rings. The van der Waals surface area contributed by atoms with Crippen molar-refractivity contribution < 1.29 is 0 Å². The highest BCUT2D eigenvalue weighted by Gasteiger charge is 2.40. The first kappa shape index (κ1) is 12.3. The minimum Gasteiger partial charge on any atom is -0.127 e. The van der Waals surface area contributed by atoms with E-state index in [1.807, 2.05) is 0 Å². The Balaban J connectivity index is 1.65. The lowest BCUT2D eigenvalue weighted by Gasteiger charge is -2.23. The minimum absolute atomic E-state index is 0.176. The van der Waals surface area contributed by atoms with E-state index in [0.29, 0.717) is 0 Å². The molecule has 94 valence electrons. The average molecular weight is 289 g/mol. The van der Waals surface area contributed by atoms with Gasteiger partial charge >= 0.3 is 0 Å². The van der Waals surface area contributed by atoms with Crippen LogP contribution in [-0.2, 0) is 0 Å². The summed E-state index contributed by atoms with van der Waals surface area (Å²) in [4.78, 5) is 1.26. The van der Waals surface area contributed by atoms with Gasteiger partial charge in [0.1, 0.15) is 0 Å². The second-order valence-corrected chi connectivity index (χ2v) is 7.96. The van der Waals surface area contributed by atoms with Gasteiger partial charge in [-0.2, -0.15) is 0 Å². The highest BCUT2D eigenvalue weighted by atomic mass is 35.5. The van der Waals surface area contributed by atoms with Crippen molar-refractivity contribution in [3.8, 4) is 0 Å². The zero-order chi connectivity index (χ0) is 12.0. The maximum Gasteiger partial charge on any atom is 0.0960 e. The summed E-state index contributed by atoms with van der Waals surface area (Å²) in [7, 11) is 0. The first-order chi connectivity index (χ1) is 8.13. The molecular formula is C14H18Cl2S. The molecule has 0 aromatic carbocycles. The van der Waals surface area contributed by atoms with Crippen LogP contribution >= 0.6 is 34.5 Å². The molecule has 2 aliphatic rings. The summed E-state index contributed by atoms with van der Waals surface area (Å²) < 4.78 is 0.901. The van der Waals surface area contributed by atoms with Gasteiger partial charge in [-0.25, -0.2) is 0 Å². The zero-order valence-electron chi connectivity index (χ0n) is 10.1. The average Bonchev–Trinajstić information content (AvgIpc) is 2.95. The Kier molecular flexibility index (Phi) is 3.44. The molecule has 0 aliphatic heterocycles. The van der Waals surface area contributed by atoms with Crippen LogP contribution in [0, 0.1) is 24.7 Å². The van der Waals surface area contributed by atoms with Crippen molar-refractivity contribution in [1.29, 1.82) is 0 Å². The Bertz CT molecular complexity index is 393. The standard InChI is InChI=1S/C14H18Cl2S/c1-8-4-13(17-14(8)16)12(15)7-11-6-9-2-3-10(11)5-9/h4,9-12H,2-3,5-7H2,1H3. The third-order valence-corrected chi connectivity index (χ3v) is 6.79. The van der Waals surface area contributed by atoms with Gasteiger partial charge in [0, 0.05) is 4.88 Å². The molecule has 0 N–H and O–H groups in total. The Hall–Kier alpha value is 0.280. The van der Waals surface area contributed by atoms with E-state index in [1.165, 1.54) is 36.1 Å². The van der Waals surface area contributed by atoms with Gasteiger partial charge in [0.15, 0.2) is 0 Å². The van der Waals surface area contributed by atoms with Gasteiger partial charge in [0.2, 0.25) is 0 Å². The summed E-state index contributed by atoms with van der Waals surface area (Å²) >= 11 is 14.3. The molecular weight excluding hydrogens is 271 g/mol. The number of hydrogen-bond acceptors (Lipinski definition) is 1. The van der Waals surface area contributed by atoms with Crippen LogP contribution in [0.1, 0.15) is 47.9 Å². The van der Waals surface area contributed by atoms with Gasteiger partial charge in [0.05, 0.1) is 9.71 Å². The van der Waals surface area contributed by atoms with Gasteiger partial charge in [-0.3, -0.25) is 0 Å². The first-order valence-corrected chi connectivity index (χ1v) is 8.16. The van der Waals surface area contributed by atoms with E-state index < -0.39 is 0 Å². The molecule has 2 bridgehead atoms. The van der Waals surface area contributed by atoms with E-state index in [0.717, 1.165) is 28.5 Å². The Morgan fingerprint density at radius 1 is 1.41 bits per heavy atom. The number of alkyl halides is 1. The molecule has 3 heteroatoms.